The van der Waals surface area contributed by atoms with Crippen molar-refractivity contribution >= 4 is 0 Å². The Balaban J connectivity index is 2.36. The molecule has 1 nitrogen and oxygen atoms in total. The van der Waals surface area contributed by atoms with Crippen molar-refractivity contribution in [3.05, 3.63) is 35.1 Å². The van der Waals surface area contributed by atoms with E-state index < -0.39 is 17.6 Å². The Morgan fingerprint density at radius 3 is 2.40 bits per heavy atom. The summed E-state index contributed by atoms with van der Waals surface area (Å²) in [5, 5.41) is 2.97. The monoisotopic (exact) mass is 219 g/mol. The Labute approximate surface area is 84.1 Å². The van der Waals surface area contributed by atoms with Gasteiger partial charge in [0.1, 0.15) is 5.82 Å². The number of benzene rings is 1. The van der Waals surface area contributed by atoms with E-state index in [0.29, 0.717) is 5.56 Å². The molecule has 0 amide bonds. The van der Waals surface area contributed by atoms with Crippen LogP contribution < -0.4 is 5.32 Å². The number of rotatable bonds is 1. The molecule has 82 valence electrons. The molecule has 0 saturated carbocycles. The number of halogens is 4. The summed E-state index contributed by atoms with van der Waals surface area (Å²) >= 11 is 0. The van der Waals surface area contributed by atoms with Gasteiger partial charge in [-0.1, -0.05) is 6.07 Å². The average molecular weight is 219 g/mol. The van der Waals surface area contributed by atoms with Crippen LogP contribution in [0, 0.1) is 5.82 Å². The van der Waals surface area contributed by atoms with E-state index in [0.717, 1.165) is 25.1 Å². The molecule has 15 heavy (non-hydrogen) atoms. The summed E-state index contributed by atoms with van der Waals surface area (Å²) in [6.07, 6.45) is -3.83. The van der Waals surface area contributed by atoms with Gasteiger partial charge in [0.05, 0.1) is 5.56 Å². The lowest BCUT2D eigenvalue weighted by atomic mass is 9.96. The minimum Gasteiger partial charge on any atom is -0.310 e. The highest BCUT2D eigenvalue weighted by atomic mass is 19.4. The Bertz CT molecular complexity index is 368. The number of alkyl halides is 3. The van der Waals surface area contributed by atoms with E-state index in [1.54, 1.807) is 0 Å². The maximum atomic E-state index is 12.9. The largest absolute Gasteiger partial charge is 0.419 e. The fourth-order valence-electron chi connectivity index (χ4n) is 1.55. The SMILES string of the molecule is Fc1ccc([C@H]2CCN2)cc1C(F)(F)F. The Morgan fingerprint density at radius 2 is 1.93 bits per heavy atom. The molecule has 0 unspecified atom stereocenters. The molecule has 1 heterocycles. The van der Waals surface area contributed by atoms with E-state index in [2.05, 4.69) is 5.32 Å². The van der Waals surface area contributed by atoms with Crippen molar-refractivity contribution in [2.75, 3.05) is 6.54 Å². The normalized spacial score (nSPS) is 21.2. The first-order chi connectivity index (χ1) is 6.98. The summed E-state index contributed by atoms with van der Waals surface area (Å²) < 4.78 is 50.0. The van der Waals surface area contributed by atoms with Crippen LogP contribution in [0.5, 0.6) is 0 Å². The number of hydrogen-bond acceptors (Lipinski definition) is 1. The van der Waals surface area contributed by atoms with Crippen molar-refractivity contribution in [3.63, 3.8) is 0 Å². The molecule has 1 atom stereocenters. The van der Waals surface area contributed by atoms with Crippen molar-refractivity contribution in [1.82, 2.24) is 5.32 Å². The van der Waals surface area contributed by atoms with Gasteiger partial charge in [-0.05, 0) is 30.7 Å². The lowest BCUT2D eigenvalue weighted by molar-refractivity contribution is -0.140. The summed E-state index contributed by atoms with van der Waals surface area (Å²) in [4.78, 5) is 0. The first-order valence-electron chi connectivity index (χ1n) is 4.58. The molecule has 5 heteroatoms. The van der Waals surface area contributed by atoms with Gasteiger partial charge in [-0.25, -0.2) is 4.39 Å². The van der Waals surface area contributed by atoms with Gasteiger partial charge >= 0.3 is 6.18 Å². The van der Waals surface area contributed by atoms with Crippen LogP contribution in [-0.2, 0) is 6.18 Å². The van der Waals surface area contributed by atoms with Crippen molar-refractivity contribution in [1.29, 1.82) is 0 Å². The van der Waals surface area contributed by atoms with E-state index in [-0.39, 0.29) is 6.04 Å². The second kappa shape index (κ2) is 3.48. The second-order valence-electron chi connectivity index (χ2n) is 3.53. The lowest BCUT2D eigenvalue weighted by Crippen LogP contribution is -2.35. The molecule has 1 aliphatic heterocycles. The van der Waals surface area contributed by atoms with Crippen LogP contribution in [0.4, 0.5) is 17.6 Å². The number of hydrogen-bond donors (Lipinski definition) is 1. The molecule has 1 fully saturated rings. The molecule has 0 radical (unpaired) electrons. The predicted octanol–water partition coefficient (Wildman–Crippen LogP) is 2.88. The van der Waals surface area contributed by atoms with E-state index in [4.69, 9.17) is 0 Å². The third kappa shape index (κ3) is 1.97. The summed E-state index contributed by atoms with van der Waals surface area (Å²) in [7, 11) is 0. The summed E-state index contributed by atoms with van der Waals surface area (Å²) in [6, 6.07) is 3.08. The van der Waals surface area contributed by atoms with Crippen molar-refractivity contribution in [2.45, 2.75) is 18.6 Å². The van der Waals surface area contributed by atoms with E-state index in [1.807, 2.05) is 0 Å². The van der Waals surface area contributed by atoms with Crippen LogP contribution in [0.15, 0.2) is 18.2 Å². The lowest BCUT2D eigenvalue weighted by Gasteiger charge is -2.28. The zero-order valence-electron chi connectivity index (χ0n) is 7.74. The van der Waals surface area contributed by atoms with Crippen LogP contribution in [0.1, 0.15) is 23.6 Å². The smallest absolute Gasteiger partial charge is 0.310 e. The van der Waals surface area contributed by atoms with Crippen LogP contribution in [0.25, 0.3) is 0 Å². The molecule has 0 aromatic heterocycles. The third-order valence-electron chi connectivity index (χ3n) is 2.52. The van der Waals surface area contributed by atoms with Crippen LogP contribution in [0.2, 0.25) is 0 Å². The van der Waals surface area contributed by atoms with Gasteiger partial charge in [0.15, 0.2) is 0 Å². The fourth-order valence-corrected chi connectivity index (χ4v) is 1.55. The molecule has 0 spiro atoms. The van der Waals surface area contributed by atoms with Gasteiger partial charge in [-0.3, -0.25) is 0 Å². The highest BCUT2D eigenvalue weighted by Crippen LogP contribution is 2.34. The summed E-state index contributed by atoms with van der Waals surface area (Å²) in [6.45, 7) is 0.795. The molecular weight excluding hydrogens is 210 g/mol. The van der Waals surface area contributed by atoms with Crippen molar-refractivity contribution in [3.8, 4) is 0 Å². The molecule has 0 bridgehead atoms. The molecule has 1 N–H and O–H groups in total. The highest BCUT2D eigenvalue weighted by molar-refractivity contribution is 5.30. The van der Waals surface area contributed by atoms with Crippen LogP contribution in [0.3, 0.4) is 0 Å². The second-order valence-corrected chi connectivity index (χ2v) is 3.53. The number of nitrogens with one attached hydrogen (secondary N) is 1. The van der Waals surface area contributed by atoms with Gasteiger partial charge in [0.2, 0.25) is 0 Å². The molecule has 1 aliphatic rings. The zero-order valence-corrected chi connectivity index (χ0v) is 7.74. The maximum absolute atomic E-state index is 12.9. The van der Waals surface area contributed by atoms with Gasteiger partial charge in [-0.15, -0.1) is 0 Å². The van der Waals surface area contributed by atoms with Crippen molar-refractivity contribution in [2.24, 2.45) is 0 Å². The predicted molar refractivity (Wildman–Crippen MR) is 46.8 cm³/mol. The molecule has 0 aliphatic carbocycles. The molecule has 2 rings (SSSR count). The van der Waals surface area contributed by atoms with Gasteiger partial charge in [-0.2, -0.15) is 13.2 Å². The van der Waals surface area contributed by atoms with Gasteiger partial charge in [0.25, 0.3) is 0 Å². The zero-order chi connectivity index (χ0) is 11.1. The standard InChI is InChI=1S/C10H9F4N/c11-8-2-1-6(9-3-4-15-9)5-7(8)10(12,13)14/h1-2,5,9,15H,3-4H2/t9-/m1/s1. The third-order valence-corrected chi connectivity index (χ3v) is 2.52. The first kappa shape index (κ1) is 10.4. The van der Waals surface area contributed by atoms with Gasteiger partial charge in [0, 0.05) is 6.04 Å². The maximum Gasteiger partial charge on any atom is 0.419 e. The molecule has 1 aromatic carbocycles. The van der Waals surface area contributed by atoms with E-state index in [9.17, 15) is 17.6 Å². The Kier molecular flexibility index (Phi) is 2.42. The quantitative estimate of drug-likeness (QED) is 0.716. The molecule has 1 saturated heterocycles. The minimum atomic E-state index is -4.62. The molecular formula is C10H9F4N. The van der Waals surface area contributed by atoms with Crippen molar-refractivity contribution < 1.29 is 17.6 Å². The average Bonchev–Trinajstić information content (AvgIpc) is 2.03. The highest BCUT2D eigenvalue weighted by Gasteiger charge is 2.35. The first-order valence-corrected chi connectivity index (χ1v) is 4.58. The topological polar surface area (TPSA) is 12.0 Å². The van der Waals surface area contributed by atoms with E-state index >= 15 is 0 Å². The minimum absolute atomic E-state index is 0.0632. The van der Waals surface area contributed by atoms with Gasteiger partial charge < -0.3 is 5.32 Å². The Hall–Kier alpha value is -1.10. The van der Waals surface area contributed by atoms with Crippen LogP contribution >= 0.6 is 0 Å². The van der Waals surface area contributed by atoms with E-state index in [1.165, 1.54) is 6.07 Å². The Morgan fingerprint density at radius 1 is 1.27 bits per heavy atom. The summed E-state index contributed by atoms with van der Waals surface area (Å²) in [5.74, 6) is -1.22. The molecule has 1 aromatic rings. The fraction of sp³-hybridized carbons (Fsp3) is 0.400. The summed E-state index contributed by atoms with van der Waals surface area (Å²) in [5.41, 5.74) is -0.691. The van der Waals surface area contributed by atoms with Crippen LogP contribution in [-0.4, -0.2) is 6.54 Å².